The van der Waals surface area contributed by atoms with E-state index in [9.17, 15) is 0 Å². The van der Waals surface area contributed by atoms with E-state index in [0.717, 1.165) is 25.3 Å². The molecule has 0 saturated heterocycles. The Kier molecular flexibility index (Phi) is 8.31. The van der Waals surface area contributed by atoms with Crippen molar-refractivity contribution >= 4 is 0 Å². The van der Waals surface area contributed by atoms with Crippen LogP contribution in [0.25, 0.3) is 0 Å². The molecule has 0 heterocycles. The molecular formula is C17H29NO2. The summed E-state index contributed by atoms with van der Waals surface area (Å²) in [6.07, 6.45) is 2.29. The Morgan fingerprint density at radius 3 is 2.65 bits per heavy atom. The van der Waals surface area contributed by atoms with E-state index in [1.807, 2.05) is 0 Å². The second-order valence-corrected chi connectivity index (χ2v) is 5.14. The lowest BCUT2D eigenvalue weighted by atomic mass is 10.0. The van der Waals surface area contributed by atoms with Crippen LogP contribution in [-0.4, -0.2) is 26.4 Å². The minimum Gasteiger partial charge on any atom is -0.491 e. The summed E-state index contributed by atoms with van der Waals surface area (Å²) in [5, 5.41) is 3.44. The van der Waals surface area contributed by atoms with Crippen molar-refractivity contribution in [1.29, 1.82) is 0 Å². The van der Waals surface area contributed by atoms with Crippen LogP contribution in [0, 0.1) is 6.92 Å². The molecule has 0 saturated carbocycles. The summed E-state index contributed by atoms with van der Waals surface area (Å²) in [7, 11) is 0. The van der Waals surface area contributed by atoms with Crippen molar-refractivity contribution in [2.24, 2.45) is 0 Å². The Morgan fingerprint density at radius 1 is 1.15 bits per heavy atom. The van der Waals surface area contributed by atoms with Crippen LogP contribution in [0.15, 0.2) is 18.2 Å². The van der Waals surface area contributed by atoms with E-state index in [0.29, 0.717) is 19.3 Å². The molecule has 1 unspecified atom stereocenters. The molecule has 0 aliphatic carbocycles. The highest BCUT2D eigenvalue weighted by molar-refractivity contribution is 5.38. The number of unbranched alkanes of at least 4 members (excludes halogenated alkanes) is 1. The van der Waals surface area contributed by atoms with Gasteiger partial charge in [-0.15, -0.1) is 0 Å². The first-order valence-corrected chi connectivity index (χ1v) is 7.73. The van der Waals surface area contributed by atoms with E-state index < -0.39 is 0 Å². The zero-order chi connectivity index (χ0) is 14.8. The summed E-state index contributed by atoms with van der Waals surface area (Å²) in [4.78, 5) is 0. The van der Waals surface area contributed by atoms with Crippen molar-refractivity contribution in [2.75, 3.05) is 26.4 Å². The predicted octanol–water partition coefficient (Wildman–Crippen LogP) is 3.86. The minimum absolute atomic E-state index is 0.302. The fraction of sp³-hybridized carbons (Fsp3) is 0.647. The summed E-state index contributed by atoms with van der Waals surface area (Å²) in [5.74, 6) is 0.961. The second-order valence-electron chi connectivity index (χ2n) is 5.14. The number of benzene rings is 1. The molecule has 1 atom stereocenters. The average Bonchev–Trinajstić information content (AvgIpc) is 2.44. The Hall–Kier alpha value is -1.06. The van der Waals surface area contributed by atoms with E-state index in [-0.39, 0.29) is 0 Å². The first kappa shape index (κ1) is 17.0. The number of nitrogens with one attached hydrogen (secondary N) is 1. The maximum absolute atomic E-state index is 5.87. The third kappa shape index (κ3) is 5.93. The second kappa shape index (κ2) is 9.78. The highest BCUT2D eigenvalue weighted by Crippen LogP contribution is 2.26. The molecule has 0 fully saturated rings. The van der Waals surface area contributed by atoms with E-state index >= 15 is 0 Å². The molecule has 3 heteroatoms. The van der Waals surface area contributed by atoms with E-state index in [2.05, 4.69) is 51.2 Å². The summed E-state index contributed by atoms with van der Waals surface area (Å²) >= 11 is 0. The molecule has 114 valence electrons. The van der Waals surface area contributed by atoms with Crippen molar-refractivity contribution in [2.45, 2.75) is 46.6 Å². The lowest BCUT2D eigenvalue weighted by Crippen LogP contribution is -2.19. The summed E-state index contributed by atoms with van der Waals surface area (Å²) in [5.41, 5.74) is 2.48. The Labute approximate surface area is 123 Å². The Balaban J connectivity index is 2.51. The maximum atomic E-state index is 5.87. The quantitative estimate of drug-likeness (QED) is 0.660. The van der Waals surface area contributed by atoms with Crippen molar-refractivity contribution in [1.82, 2.24) is 5.32 Å². The van der Waals surface area contributed by atoms with Gasteiger partial charge < -0.3 is 14.8 Å². The fourth-order valence-corrected chi connectivity index (χ4v) is 2.11. The molecule has 0 aliphatic rings. The molecule has 0 aliphatic heterocycles. The molecule has 1 rings (SSSR count). The first-order chi connectivity index (χ1) is 9.69. The standard InChI is InChI=1S/C17H29NO2/c1-5-7-10-19-11-12-20-17-9-8-14(3)13-16(17)15(4)18-6-2/h8-9,13,15,18H,5-7,10-12H2,1-4H3. The SMILES string of the molecule is CCCCOCCOc1ccc(C)cc1C(C)NCC. The Morgan fingerprint density at radius 2 is 1.95 bits per heavy atom. The highest BCUT2D eigenvalue weighted by Gasteiger charge is 2.11. The van der Waals surface area contributed by atoms with Gasteiger partial charge >= 0.3 is 0 Å². The monoisotopic (exact) mass is 279 g/mol. The van der Waals surface area contributed by atoms with Crippen LogP contribution < -0.4 is 10.1 Å². The van der Waals surface area contributed by atoms with Gasteiger partial charge in [-0.2, -0.15) is 0 Å². The van der Waals surface area contributed by atoms with E-state index in [4.69, 9.17) is 9.47 Å². The predicted molar refractivity (Wildman–Crippen MR) is 84.5 cm³/mol. The van der Waals surface area contributed by atoms with Crippen LogP contribution in [0.1, 0.15) is 50.8 Å². The molecule has 0 spiro atoms. The van der Waals surface area contributed by atoms with Gasteiger partial charge in [0.05, 0.1) is 6.61 Å². The van der Waals surface area contributed by atoms with Gasteiger partial charge in [0, 0.05) is 18.2 Å². The first-order valence-electron chi connectivity index (χ1n) is 7.73. The number of hydrogen-bond acceptors (Lipinski definition) is 3. The minimum atomic E-state index is 0.302. The molecule has 1 aromatic rings. The third-order valence-corrected chi connectivity index (χ3v) is 3.27. The zero-order valence-electron chi connectivity index (χ0n) is 13.4. The van der Waals surface area contributed by atoms with Crippen LogP contribution in [0.4, 0.5) is 0 Å². The van der Waals surface area contributed by atoms with Crippen LogP contribution in [0.3, 0.4) is 0 Å². The summed E-state index contributed by atoms with van der Waals surface area (Å²) in [6, 6.07) is 6.65. The van der Waals surface area contributed by atoms with Crippen molar-refractivity contribution in [3.63, 3.8) is 0 Å². The number of ether oxygens (including phenoxy) is 2. The molecule has 1 aromatic carbocycles. The number of rotatable bonds is 10. The maximum Gasteiger partial charge on any atom is 0.124 e. The summed E-state index contributed by atoms with van der Waals surface area (Å²) < 4.78 is 11.4. The van der Waals surface area contributed by atoms with Gasteiger partial charge in [0.2, 0.25) is 0 Å². The van der Waals surface area contributed by atoms with E-state index in [1.54, 1.807) is 0 Å². The lowest BCUT2D eigenvalue weighted by Gasteiger charge is -2.18. The highest BCUT2D eigenvalue weighted by atomic mass is 16.5. The smallest absolute Gasteiger partial charge is 0.124 e. The van der Waals surface area contributed by atoms with Gasteiger partial charge in [-0.25, -0.2) is 0 Å². The van der Waals surface area contributed by atoms with Gasteiger partial charge in [0.25, 0.3) is 0 Å². The summed E-state index contributed by atoms with van der Waals surface area (Å²) in [6.45, 7) is 11.6. The van der Waals surface area contributed by atoms with E-state index in [1.165, 1.54) is 17.5 Å². The van der Waals surface area contributed by atoms with Crippen molar-refractivity contribution < 1.29 is 9.47 Å². The molecule has 0 amide bonds. The topological polar surface area (TPSA) is 30.5 Å². The third-order valence-electron chi connectivity index (χ3n) is 3.27. The molecule has 0 radical (unpaired) electrons. The largest absolute Gasteiger partial charge is 0.491 e. The molecular weight excluding hydrogens is 250 g/mol. The molecule has 0 aromatic heterocycles. The molecule has 3 nitrogen and oxygen atoms in total. The van der Waals surface area contributed by atoms with Crippen LogP contribution >= 0.6 is 0 Å². The molecule has 1 N–H and O–H groups in total. The normalized spacial score (nSPS) is 12.4. The molecule has 0 bridgehead atoms. The zero-order valence-corrected chi connectivity index (χ0v) is 13.4. The fourth-order valence-electron chi connectivity index (χ4n) is 2.11. The number of aryl methyl sites for hydroxylation is 1. The van der Waals surface area contributed by atoms with Gasteiger partial charge in [-0.3, -0.25) is 0 Å². The van der Waals surface area contributed by atoms with Crippen molar-refractivity contribution in [3.8, 4) is 5.75 Å². The molecule has 20 heavy (non-hydrogen) atoms. The van der Waals surface area contributed by atoms with Crippen LogP contribution in [0.2, 0.25) is 0 Å². The van der Waals surface area contributed by atoms with Gasteiger partial charge in [-0.1, -0.05) is 38.0 Å². The average molecular weight is 279 g/mol. The van der Waals surface area contributed by atoms with Gasteiger partial charge in [-0.05, 0) is 32.9 Å². The Bertz CT molecular complexity index is 379. The van der Waals surface area contributed by atoms with Gasteiger partial charge in [0.1, 0.15) is 12.4 Å². The van der Waals surface area contributed by atoms with Crippen LogP contribution in [0.5, 0.6) is 5.75 Å². The lowest BCUT2D eigenvalue weighted by molar-refractivity contribution is 0.0975. The van der Waals surface area contributed by atoms with Gasteiger partial charge in [0.15, 0.2) is 0 Å². The van der Waals surface area contributed by atoms with Crippen LogP contribution in [-0.2, 0) is 4.74 Å². The number of hydrogen-bond donors (Lipinski definition) is 1. The van der Waals surface area contributed by atoms with Crippen molar-refractivity contribution in [3.05, 3.63) is 29.3 Å².